The van der Waals surface area contributed by atoms with E-state index in [0.29, 0.717) is 6.54 Å². The van der Waals surface area contributed by atoms with Gasteiger partial charge in [0.05, 0.1) is 18.2 Å². The summed E-state index contributed by atoms with van der Waals surface area (Å²) in [6.07, 6.45) is 5.77. The van der Waals surface area contributed by atoms with E-state index in [1.807, 2.05) is 31.2 Å². The number of rotatable bonds is 3. The zero-order valence-electron chi connectivity index (χ0n) is 13.0. The lowest BCUT2D eigenvalue weighted by molar-refractivity contribution is -0.128. The molecule has 1 aromatic heterocycles. The predicted octanol–water partition coefficient (Wildman–Crippen LogP) is 2.76. The van der Waals surface area contributed by atoms with Crippen LogP contribution in [-0.2, 0) is 11.3 Å². The molecule has 1 aliphatic carbocycles. The third kappa shape index (κ3) is 2.97. The molecule has 1 aromatic carbocycles. The minimum Gasteiger partial charge on any atom is -0.350 e. The Morgan fingerprint density at radius 3 is 3.00 bits per heavy atom. The Labute approximate surface area is 131 Å². The molecule has 0 radical (unpaired) electrons. The van der Waals surface area contributed by atoms with Gasteiger partial charge in [-0.25, -0.2) is 0 Å². The second kappa shape index (κ2) is 6.05. The summed E-state index contributed by atoms with van der Waals surface area (Å²) < 4.78 is 0. The summed E-state index contributed by atoms with van der Waals surface area (Å²) in [7, 11) is 0. The molecule has 2 aromatic rings. The summed E-state index contributed by atoms with van der Waals surface area (Å²) in [6, 6.07) is 10.1. The van der Waals surface area contributed by atoms with E-state index in [9.17, 15) is 4.79 Å². The molecule has 3 rings (SSSR count). The quantitative estimate of drug-likeness (QED) is 0.915. The zero-order valence-corrected chi connectivity index (χ0v) is 13.0. The van der Waals surface area contributed by atoms with Gasteiger partial charge in [0.25, 0.3) is 0 Å². The number of hydrogen-bond donors (Lipinski definition) is 2. The van der Waals surface area contributed by atoms with Crippen LogP contribution in [0.4, 0.5) is 0 Å². The number of nitrogens with zero attached hydrogens (tertiary/aromatic N) is 1. The molecule has 1 heterocycles. The van der Waals surface area contributed by atoms with Crippen LogP contribution in [0.1, 0.15) is 38.3 Å². The Hall–Kier alpha value is -1.94. The molecule has 2 unspecified atom stereocenters. The van der Waals surface area contributed by atoms with Crippen molar-refractivity contribution >= 4 is 16.7 Å². The van der Waals surface area contributed by atoms with E-state index in [1.54, 1.807) is 6.20 Å². The highest BCUT2D eigenvalue weighted by Gasteiger charge is 2.37. The van der Waals surface area contributed by atoms with Gasteiger partial charge in [0.1, 0.15) is 0 Å². The third-order valence-electron chi connectivity index (χ3n) is 4.76. The van der Waals surface area contributed by atoms with Crippen LogP contribution in [0, 0.1) is 5.92 Å². The van der Waals surface area contributed by atoms with E-state index < -0.39 is 5.54 Å². The van der Waals surface area contributed by atoms with Crippen LogP contribution in [0.3, 0.4) is 0 Å². The largest absolute Gasteiger partial charge is 0.350 e. The van der Waals surface area contributed by atoms with E-state index in [4.69, 9.17) is 5.73 Å². The number of fused-ring (bicyclic) bond motifs is 1. The van der Waals surface area contributed by atoms with Gasteiger partial charge in [-0.15, -0.1) is 0 Å². The lowest BCUT2D eigenvalue weighted by Gasteiger charge is -2.37. The first-order valence-corrected chi connectivity index (χ1v) is 7.97. The van der Waals surface area contributed by atoms with Crippen molar-refractivity contribution in [2.24, 2.45) is 11.7 Å². The Kier molecular flexibility index (Phi) is 4.12. The second-order valence-corrected chi connectivity index (χ2v) is 6.50. The second-order valence-electron chi connectivity index (χ2n) is 6.50. The van der Waals surface area contributed by atoms with Crippen LogP contribution < -0.4 is 11.1 Å². The number of carbonyl (C=O) groups is 1. The van der Waals surface area contributed by atoms with Crippen LogP contribution in [0.25, 0.3) is 10.8 Å². The van der Waals surface area contributed by atoms with Gasteiger partial charge in [0.15, 0.2) is 0 Å². The van der Waals surface area contributed by atoms with Gasteiger partial charge in [-0.05, 0) is 31.2 Å². The molecule has 4 heteroatoms. The first-order valence-electron chi connectivity index (χ1n) is 7.97. The Balaban J connectivity index is 1.72. The van der Waals surface area contributed by atoms with Crippen molar-refractivity contribution in [3.8, 4) is 0 Å². The number of amides is 1. The number of nitrogens with two attached hydrogens (primary N) is 1. The van der Waals surface area contributed by atoms with Crippen molar-refractivity contribution in [3.63, 3.8) is 0 Å². The lowest BCUT2D eigenvalue weighted by Crippen LogP contribution is -2.52. The lowest BCUT2D eigenvalue weighted by atomic mass is 9.74. The van der Waals surface area contributed by atoms with Crippen molar-refractivity contribution < 1.29 is 4.79 Å². The molecule has 0 saturated heterocycles. The fourth-order valence-corrected chi connectivity index (χ4v) is 3.41. The average molecular weight is 297 g/mol. The first kappa shape index (κ1) is 15.0. The maximum atomic E-state index is 12.5. The monoisotopic (exact) mass is 297 g/mol. The number of benzene rings is 1. The molecule has 3 N–H and O–H groups in total. The van der Waals surface area contributed by atoms with Crippen molar-refractivity contribution in [1.82, 2.24) is 10.3 Å². The number of aromatic nitrogens is 1. The molecular weight excluding hydrogens is 274 g/mol. The normalized spacial score (nSPS) is 25.1. The Morgan fingerprint density at radius 2 is 2.18 bits per heavy atom. The molecule has 1 aliphatic rings. The Morgan fingerprint density at radius 1 is 1.36 bits per heavy atom. The third-order valence-corrected chi connectivity index (χ3v) is 4.76. The van der Waals surface area contributed by atoms with E-state index >= 15 is 0 Å². The predicted molar refractivity (Wildman–Crippen MR) is 88.1 cm³/mol. The molecule has 1 amide bonds. The summed E-state index contributed by atoms with van der Waals surface area (Å²) in [6.45, 7) is 2.44. The molecule has 0 bridgehead atoms. The molecule has 2 atom stereocenters. The molecule has 0 aliphatic heterocycles. The minimum absolute atomic E-state index is 0.0550. The molecule has 22 heavy (non-hydrogen) atoms. The zero-order chi connectivity index (χ0) is 15.6. The molecular formula is C18H23N3O. The maximum absolute atomic E-state index is 12.5. The summed E-state index contributed by atoms with van der Waals surface area (Å²) in [5.74, 6) is -0.0457. The summed E-state index contributed by atoms with van der Waals surface area (Å²) in [5.41, 5.74) is 6.82. The van der Waals surface area contributed by atoms with Gasteiger partial charge in [-0.1, -0.05) is 37.1 Å². The molecule has 116 valence electrons. The van der Waals surface area contributed by atoms with Crippen LogP contribution in [0.2, 0.25) is 0 Å². The first-order chi connectivity index (χ1) is 10.6. The van der Waals surface area contributed by atoms with E-state index in [-0.39, 0.29) is 11.8 Å². The standard InChI is InChI=1S/C18H23N3O/c1-18(19)10-5-4-8-15(18)17(22)21-12-16-14-7-3-2-6-13(14)9-11-20-16/h2-3,6-7,9,11,15H,4-5,8,10,12,19H2,1H3,(H,21,22). The highest BCUT2D eigenvalue weighted by molar-refractivity contribution is 5.85. The number of pyridine rings is 1. The number of nitrogens with one attached hydrogen (secondary N) is 1. The smallest absolute Gasteiger partial charge is 0.225 e. The fourth-order valence-electron chi connectivity index (χ4n) is 3.41. The van der Waals surface area contributed by atoms with E-state index in [0.717, 1.165) is 42.1 Å². The van der Waals surface area contributed by atoms with Gasteiger partial charge in [0.2, 0.25) is 5.91 Å². The minimum atomic E-state index is -0.394. The van der Waals surface area contributed by atoms with Crippen LogP contribution in [0.5, 0.6) is 0 Å². The average Bonchev–Trinajstić information content (AvgIpc) is 2.52. The number of carbonyl (C=O) groups excluding carboxylic acids is 1. The summed E-state index contributed by atoms with van der Waals surface area (Å²) in [4.78, 5) is 16.9. The SMILES string of the molecule is CC1(N)CCCCC1C(=O)NCc1nccc2ccccc12. The van der Waals surface area contributed by atoms with Gasteiger partial charge in [0, 0.05) is 17.1 Å². The van der Waals surface area contributed by atoms with Crippen molar-refractivity contribution in [2.75, 3.05) is 0 Å². The molecule has 4 nitrogen and oxygen atoms in total. The topological polar surface area (TPSA) is 68.0 Å². The van der Waals surface area contributed by atoms with Crippen LogP contribution in [0.15, 0.2) is 36.5 Å². The molecule has 1 saturated carbocycles. The Bertz CT molecular complexity index is 676. The van der Waals surface area contributed by atoms with Crippen molar-refractivity contribution in [2.45, 2.75) is 44.7 Å². The van der Waals surface area contributed by atoms with Gasteiger partial charge < -0.3 is 11.1 Å². The summed E-state index contributed by atoms with van der Waals surface area (Å²) >= 11 is 0. The fraction of sp³-hybridized carbons (Fsp3) is 0.444. The maximum Gasteiger partial charge on any atom is 0.225 e. The highest BCUT2D eigenvalue weighted by atomic mass is 16.1. The van der Waals surface area contributed by atoms with Crippen molar-refractivity contribution in [1.29, 1.82) is 0 Å². The van der Waals surface area contributed by atoms with Gasteiger partial charge >= 0.3 is 0 Å². The van der Waals surface area contributed by atoms with Crippen molar-refractivity contribution in [3.05, 3.63) is 42.2 Å². The number of hydrogen-bond acceptors (Lipinski definition) is 3. The van der Waals surface area contributed by atoms with Gasteiger partial charge in [-0.2, -0.15) is 0 Å². The van der Waals surface area contributed by atoms with Gasteiger partial charge in [-0.3, -0.25) is 9.78 Å². The summed E-state index contributed by atoms with van der Waals surface area (Å²) in [5, 5.41) is 5.26. The highest BCUT2D eigenvalue weighted by Crippen LogP contribution is 2.31. The molecule has 1 fully saturated rings. The van der Waals surface area contributed by atoms with E-state index in [1.165, 1.54) is 0 Å². The van der Waals surface area contributed by atoms with Crippen LogP contribution in [-0.4, -0.2) is 16.4 Å². The molecule has 0 spiro atoms. The van der Waals surface area contributed by atoms with Crippen LogP contribution >= 0.6 is 0 Å². The van der Waals surface area contributed by atoms with E-state index in [2.05, 4.69) is 16.4 Å².